The van der Waals surface area contributed by atoms with Crippen LogP contribution in [-0.2, 0) is 6.54 Å². The molecule has 1 saturated heterocycles. The lowest BCUT2D eigenvalue weighted by molar-refractivity contribution is 0.249. The molecule has 2 aromatic rings. The first-order valence-corrected chi connectivity index (χ1v) is 7.39. The molecule has 3 rings (SSSR count). The van der Waals surface area contributed by atoms with Crippen molar-refractivity contribution >= 4 is 23.4 Å². The van der Waals surface area contributed by atoms with E-state index in [1.165, 1.54) is 5.56 Å². The fourth-order valence-electron chi connectivity index (χ4n) is 2.55. The number of nitrogens with two attached hydrogens (primary N) is 1. The van der Waals surface area contributed by atoms with Gasteiger partial charge in [-0.15, -0.1) is 0 Å². The fourth-order valence-corrected chi connectivity index (χ4v) is 2.76. The molecule has 0 amide bonds. The van der Waals surface area contributed by atoms with E-state index in [-0.39, 0.29) is 5.95 Å². The molecule has 2 heterocycles. The summed E-state index contributed by atoms with van der Waals surface area (Å²) in [6.07, 6.45) is 1.57. The molecule has 0 radical (unpaired) electrons. The van der Waals surface area contributed by atoms with Crippen LogP contribution in [0.25, 0.3) is 0 Å². The summed E-state index contributed by atoms with van der Waals surface area (Å²) in [4.78, 5) is 12.8. The first-order chi connectivity index (χ1) is 10.2. The van der Waals surface area contributed by atoms with Crippen molar-refractivity contribution in [1.29, 1.82) is 0 Å². The highest BCUT2D eigenvalue weighted by molar-refractivity contribution is 6.32. The highest BCUT2D eigenvalue weighted by atomic mass is 35.5. The summed E-state index contributed by atoms with van der Waals surface area (Å²) in [6.45, 7) is 4.73. The van der Waals surface area contributed by atoms with Crippen molar-refractivity contribution in [2.24, 2.45) is 0 Å². The Bertz CT molecular complexity index is 596. The number of nitrogens with zero attached hydrogens (tertiary/aromatic N) is 4. The smallest absolute Gasteiger partial charge is 0.222 e. The second-order valence-electron chi connectivity index (χ2n) is 5.15. The Labute approximate surface area is 129 Å². The van der Waals surface area contributed by atoms with Gasteiger partial charge in [0.05, 0.1) is 6.20 Å². The van der Waals surface area contributed by atoms with Crippen LogP contribution in [0.2, 0.25) is 5.02 Å². The molecule has 2 N–H and O–H groups in total. The second kappa shape index (κ2) is 6.28. The highest BCUT2D eigenvalue weighted by Crippen LogP contribution is 2.24. The average Bonchev–Trinajstić information content (AvgIpc) is 2.52. The van der Waals surface area contributed by atoms with Crippen LogP contribution < -0.4 is 10.6 Å². The van der Waals surface area contributed by atoms with E-state index in [4.69, 9.17) is 17.3 Å². The van der Waals surface area contributed by atoms with Gasteiger partial charge in [0.1, 0.15) is 5.02 Å². The van der Waals surface area contributed by atoms with Gasteiger partial charge in [0.25, 0.3) is 0 Å². The van der Waals surface area contributed by atoms with Gasteiger partial charge in [0, 0.05) is 32.7 Å². The third-order valence-electron chi connectivity index (χ3n) is 3.67. The van der Waals surface area contributed by atoms with Crippen LogP contribution in [0.4, 0.5) is 11.8 Å². The highest BCUT2D eigenvalue weighted by Gasteiger charge is 2.20. The summed E-state index contributed by atoms with van der Waals surface area (Å²) < 4.78 is 0. The van der Waals surface area contributed by atoms with E-state index in [2.05, 4.69) is 44.0 Å². The summed E-state index contributed by atoms with van der Waals surface area (Å²) >= 11 is 6.16. The van der Waals surface area contributed by atoms with Gasteiger partial charge in [-0.05, 0) is 5.56 Å². The molecule has 0 aliphatic carbocycles. The lowest BCUT2D eigenvalue weighted by Crippen LogP contribution is -2.46. The second-order valence-corrected chi connectivity index (χ2v) is 5.56. The Morgan fingerprint density at radius 2 is 1.81 bits per heavy atom. The van der Waals surface area contributed by atoms with Gasteiger partial charge in [-0.25, -0.2) is 4.98 Å². The molecule has 0 unspecified atom stereocenters. The average molecular weight is 304 g/mol. The van der Waals surface area contributed by atoms with Crippen molar-refractivity contribution in [3.8, 4) is 0 Å². The molecule has 0 bridgehead atoms. The Morgan fingerprint density at radius 3 is 2.52 bits per heavy atom. The minimum absolute atomic E-state index is 0.265. The third-order valence-corrected chi connectivity index (χ3v) is 3.93. The molecule has 0 spiro atoms. The van der Waals surface area contributed by atoms with Gasteiger partial charge < -0.3 is 10.6 Å². The van der Waals surface area contributed by atoms with Crippen molar-refractivity contribution in [2.45, 2.75) is 6.54 Å². The Kier molecular flexibility index (Phi) is 4.22. The Hall–Kier alpha value is -1.85. The van der Waals surface area contributed by atoms with Crippen LogP contribution in [0.3, 0.4) is 0 Å². The van der Waals surface area contributed by atoms with E-state index in [1.807, 2.05) is 6.07 Å². The van der Waals surface area contributed by atoms with Gasteiger partial charge in [-0.1, -0.05) is 41.9 Å². The molecule has 1 aromatic carbocycles. The molecule has 0 atom stereocenters. The number of hydrogen-bond donors (Lipinski definition) is 1. The molecule has 1 aliphatic rings. The van der Waals surface area contributed by atoms with Crippen molar-refractivity contribution in [1.82, 2.24) is 14.9 Å². The Balaban J connectivity index is 1.61. The molecular weight excluding hydrogens is 286 g/mol. The molecule has 6 heteroatoms. The SMILES string of the molecule is Nc1ncc(Cl)c(N2CCN(Cc3ccccc3)CC2)n1. The van der Waals surface area contributed by atoms with Gasteiger partial charge >= 0.3 is 0 Å². The van der Waals surface area contributed by atoms with Crippen LogP contribution in [0.1, 0.15) is 5.56 Å². The zero-order valence-corrected chi connectivity index (χ0v) is 12.5. The molecule has 1 aliphatic heterocycles. The zero-order valence-electron chi connectivity index (χ0n) is 11.7. The lowest BCUT2D eigenvalue weighted by atomic mass is 10.2. The van der Waals surface area contributed by atoms with E-state index in [0.29, 0.717) is 5.02 Å². The van der Waals surface area contributed by atoms with Crippen LogP contribution in [0.5, 0.6) is 0 Å². The predicted molar refractivity (Wildman–Crippen MR) is 85.4 cm³/mol. The number of aromatic nitrogens is 2. The number of halogens is 1. The van der Waals surface area contributed by atoms with Gasteiger partial charge in [0.2, 0.25) is 5.95 Å². The third kappa shape index (κ3) is 3.43. The van der Waals surface area contributed by atoms with Crippen molar-refractivity contribution < 1.29 is 0 Å². The molecule has 1 aromatic heterocycles. The molecule has 110 valence electrons. The summed E-state index contributed by atoms with van der Waals surface area (Å²) in [5.41, 5.74) is 6.99. The molecule has 5 nitrogen and oxygen atoms in total. The summed E-state index contributed by atoms with van der Waals surface area (Å²) in [6, 6.07) is 10.5. The van der Waals surface area contributed by atoms with Crippen molar-refractivity contribution in [3.05, 3.63) is 47.1 Å². The zero-order chi connectivity index (χ0) is 14.7. The number of rotatable bonds is 3. The predicted octanol–water partition coefficient (Wildman–Crippen LogP) is 2.03. The monoisotopic (exact) mass is 303 g/mol. The number of piperazine rings is 1. The number of hydrogen-bond acceptors (Lipinski definition) is 5. The van der Waals surface area contributed by atoms with E-state index >= 15 is 0 Å². The quantitative estimate of drug-likeness (QED) is 0.940. The summed E-state index contributed by atoms with van der Waals surface area (Å²) in [5.74, 6) is 1.00. The molecule has 21 heavy (non-hydrogen) atoms. The van der Waals surface area contributed by atoms with Crippen LogP contribution in [0.15, 0.2) is 36.5 Å². The Morgan fingerprint density at radius 1 is 1.10 bits per heavy atom. The molecule has 0 saturated carbocycles. The number of nitrogen functional groups attached to an aromatic ring is 1. The maximum atomic E-state index is 6.16. The van der Waals surface area contributed by atoms with E-state index in [9.17, 15) is 0 Å². The standard InChI is InChI=1S/C15H18ClN5/c16-13-10-18-15(17)19-14(13)21-8-6-20(7-9-21)11-12-4-2-1-3-5-12/h1-5,10H,6-9,11H2,(H2,17,18,19). The number of anilines is 2. The maximum Gasteiger partial charge on any atom is 0.222 e. The van der Waals surface area contributed by atoms with E-state index in [0.717, 1.165) is 38.5 Å². The topological polar surface area (TPSA) is 58.3 Å². The summed E-state index contributed by atoms with van der Waals surface area (Å²) in [7, 11) is 0. The lowest BCUT2D eigenvalue weighted by Gasteiger charge is -2.35. The first-order valence-electron chi connectivity index (χ1n) is 7.01. The normalized spacial score (nSPS) is 16.1. The summed E-state index contributed by atoms with van der Waals surface area (Å²) in [5, 5.41) is 0.556. The van der Waals surface area contributed by atoms with Crippen LogP contribution in [-0.4, -0.2) is 41.0 Å². The van der Waals surface area contributed by atoms with Gasteiger partial charge in [0.15, 0.2) is 5.82 Å². The van der Waals surface area contributed by atoms with Gasteiger partial charge in [-0.3, -0.25) is 4.90 Å². The van der Waals surface area contributed by atoms with Crippen LogP contribution >= 0.6 is 11.6 Å². The van der Waals surface area contributed by atoms with E-state index < -0.39 is 0 Å². The van der Waals surface area contributed by atoms with Gasteiger partial charge in [-0.2, -0.15) is 4.98 Å². The molecule has 1 fully saturated rings. The molecular formula is C15H18ClN5. The number of benzene rings is 1. The van der Waals surface area contributed by atoms with Crippen molar-refractivity contribution in [2.75, 3.05) is 36.8 Å². The maximum absolute atomic E-state index is 6.16. The minimum Gasteiger partial charge on any atom is -0.368 e. The minimum atomic E-state index is 0.265. The largest absolute Gasteiger partial charge is 0.368 e. The van der Waals surface area contributed by atoms with Crippen LogP contribution in [0, 0.1) is 0 Å². The first kappa shape index (κ1) is 14.1. The fraction of sp³-hybridized carbons (Fsp3) is 0.333. The van der Waals surface area contributed by atoms with Crippen molar-refractivity contribution in [3.63, 3.8) is 0 Å². The van der Waals surface area contributed by atoms with E-state index in [1.54, 1.807) is 6.20 Å².